The number of anilines is 2. The van der Waals surface area contributed by atoms with E-state index in [-0.39, 0.29) is 23.9 Å². The van der Waals surface area contributed by atoms with Crippen molar-refractivity contribution >= 4 is 23.2 Å². The minimum Gasteiger partial charge on any atom is -0.324 e. The summed E-state index contributed by atoms with van der Waals surface area (Å²) in [6.45, 7) is 19.6. The summed E-state index contributed by atoms with van der Waals surface area (Å²) in [5, 5.41) is 6.98. The Morgan fingerprint density at radius 1 is 0.592 bits per heavy atom. The molecule has 0 spiro atoms. The van der Waals surface area contributed by atoms with E-state index in [2.05, 4.69) is 112 Å². The Labute approximate surface area is 297 Å². The van der Waals surface area contributed by atoms with Crippen LogP contribution in [0.5, 0.6) is 0 Å². The van der Waals surface area contributed by atoms with Crippen LogP contribution in [0.1, 0.15) is 159 Å². The number of para-hydroxylation sites is 2. The maximum Gasteiger partial charge on any atom is 0.241 e. The van der Waals surface area contributed by atoms with Gasteiger partial charge in [-0.3, -0.25) is 19.4 Å². The lowest BCUT2D eigenvalue weighted by molar-refractivity contribution is -0.121. The zero-order valence-corrected chi connectivity index (χ0v) is 31.7. The Kier molecular flexibility index (Phi) is 11.3. The van der Waals surface area contributed by atoms with Crippen LogP contribution in [0, 0.1) is 11.8 Å². The van der Waals surface area contributed by atoms with E-state index < -0.39 is 0 Å². The van der Waals surface area contributed by atoms with E-state index >= 15 is 0 Å². The Morgan fingerprint density at radius 2 is 0.939 bits per heavy atom. The largest absolute Gasteiger partial charge is 0.324 e. The fraction of sp³-hybridized carbons (Fsp3) is 0.674. The molecule has 4 fully saturated rings. The van der Waals surface area contributed by atoms with Gasteiger partial charge in [-0.25, -0.2) is 0 Å². The number of hydrogen-bond donors (Lipinski definition) is 2. The van der Waals surface area contributed by atoms with Crippen LogP contribution >= 0.6 is 0 Å². The summed E-state index contributed by atoms with van der Waals surface area (Å²) in [4.78, 5) is 33.6. The highest BCUT2D eigenvalue weighted by molar-refractivity contribution is 5.97. The van der Waals surface area contributed by atoms with Crippen molar-refractivity contribution in [2.24, 2.45) is 11.8 Å². The number of nitrogens with one attached hydrogen (secondary N) is 2. The molecule has 268 valence electrons. The van der Waals surface area contributed by atoms with Crippen LogP contribution < -0.4 is 10.6 Å². The van der Waals surface area contributed by atoms with Gasteiger partial charge in [-0.2, -0.15) is 0 Å². The lowest BCUT2D eigenvalue weighted by atomic mass is 9.92. The van der Waals surface area contributed by atoms with Crippen molar-refractivity contribution in [2.75, 3.05) is 23.7 Å². The molecule has 0 unspecified atom stereocenters. The summed E-state index contributed by atoms with van der Waals surface area (Å²) in [7, 11) is 0. The first-order valence-corrected chi connectivity index (χ1v) is 19.8. The number of amides is 2. The topological polar surface area (TPSA) is 64.7 Å². The molecule has 2 aliphatic carbocycles. The molecule has 49 heavy (non-hydrogen) atoms. The smallest absolute Gasteiger partial charge is 0.241 e. The van der Waals surface area contributed by atoms with Gasteiger partial charge in [-0.15, -0.1) is 0 Å². The lowest BCUT2D eigenvalue weighted by Gasteiger charge is -2.33. The van der Waals surface area contributed by atoms with Gasteiger partial charge in [-0.1, -0.05) is 105 Å². The van der Waals surface area contributed by atoms with Gasteiger partial charge in [0.2, 0.25) is 11.8 Å². The third kappa shape index (κ3) is 7.38. The first-order valence-electron chi connectivity index (χ1n) is 19.8. The predicted octanol–water partition coefficient (Wildman–Crippen LogP) is 9.63. The molecule has 0 radical (unpaired) electrons. The first-order chi connectivity index (χ1) is 23.5. The summed E-state index contributed by atoms with van der Waals surface area (Å²) in [6.07, 6.45) is 10.3. The molecular formula is C43H64N4O2. The predicted molar refractivity (Wildman–Crippen MR) is 204 cm³/mol. The standard InChI is InChI=1S/C43H64N4O2/c1-26(2)32-16-11-17-33(27(3)4)40(32)44-42(48)38-24-30-14-9-20-36(30)46(38)22-13-23-47-37-21-10-15-31(37)25-39(47)43(49)45-41-34(28(5)6)18-12-19-35(41)29(7)8/h11-12,16-19,26-31,36-39H,9-10,13-15,20-25H2,1-8H3,(H,44,48)(H,45,49)/t30-,31-,36-,37-,38-,39-/m0/s1. The van der Waals surface area contributed by atoms with Crippen molar-refractivity contribution in [3.8, 4) is 0 Å². The van der Waals surface area contributed by atoms with Crippen LogP contribution in [0.15, 0.2) is 36.4 Å². The second-order valence-electron chi connectivity index (χ2n) is 17.1. The van der Waals surface area contributed by atoms with Crippen molar-refractivity contribution in [2.45, 2.75) is 161 Å². The van der Waals surface area contributed by atoms with Crippen molar-refractivity contribution in [1.29, 1.82) is 0 Å². The van der Waals surface area contributed by atoms with Crippen molar-refractivity contribution in [3.05, 3.63) is 58.7 Å². The number of carbonyl (C=O) groups is 2. The van der Waals surface area contributed by atoms with Crippen molar-refractivity contribution in [1.82, 2.24) is 9.80 Å². The minimum absolute atomic E-state index is 0.0885. The van der Waals surface area contributed by atoms with Crippen LogP contribution in [0.25, 0.3) is 0 Å². The number of benzene rings is 2. The molecule has 6 heteroatoms. The van der Waals surface area contributed by atoms with Crippen LogP contribution in [-0.2, 0) is 9.59 Å². The molecule has 2 heterocycles. The van der Waals surface area contributed by atoms with E-state index in [1.54, 1.807) is 0 Å². The molecule has 2 aromatic carbocycles. The molecule has 4 aliphatic rings. The molecule has 0 aromatic heterocycles. The molecule has 6 atom stereocenters. The molecule has 2 aliphatic heterocycles. The Bertz CT molecular complexity index is 1320. The van der Waals surface area contributed by atoms with Gasteiger partial charge < -0.3 is 10.6 Å². The Morgan fingerprint density at radius 3 is 1.27 bits per heavy atom. The Balaban J connectivity index is 1.17. The maximum absolute atomic E-state index is 14.2. The normalized spacial score (nSPS) is 27.1. The molecular weight excluding hydrogens is 604 g/mol. The number of hydrogen-bond acceptors (Lipinski definition) is 4. The van der Waals surface area contributed by atoms with Gasteiger partial charge in [0, 0.05) is 36.5 Å². The quantitative estimate of drug-likeness (QED) is 0.236. The van der Waals surface area contributed by atoms with E-state index in [0.717, 1.165) is 43.7 Å². The minimum atomic E-state index is -0.0885. The number of likely N-dealkylation sites (tertiary alicyclic amines) is 2. The van der Waals surface area contributed by atoms with E-state index in [4.69, 9.17) is 0 Å². The molecule has 2 saturated carbocycles. The van der Waals surface area contributed by atoms with E-state index in [1.807, 2.05) is 0 Å². The molecule has 2 N–H and O–H groups in total. The van der Waals surface area contributed by atoms with E-state index in [1.165, 1.54) is 60.8 Å². The fourth-order valence-electron chi connectivity index (χ4n) is 10.2. The SMILES string of the molecule is CC(C)c1cccc(C(C)C)c1NC(=O)[C@@H]1C[C@@H]2CCC[C@@H]2N1CCCN1[C@H](C(=O)Nc2c(C(C)C)cccc2C(C)C)C[C@@H]2CCC[C@@H]21. The van der Waals surface area contributed by atoms with E-state index in [9.17, 15) is 9.59 Å². The van der Waals surface area contributed by atoms with Gasteiger partial charge in [0.25, 0.3) is 0 Å². The fourth-order valence-corrected chi connectivity index (χ4v) is 10.2. The summed E-state index contributed by atoms with van der Waals surface area (Å²) in [6, 6.07) is 13.8. The van der Waals surface area contributed by atoms with Crippen molar-refractivity contribution < 1.29 is 9.59 Å². The molecule has 6 nitrogen and oxygen atoms in total. The summed E-state index contributed by atoms with van der Waals surface area (Å²) in [5.74, 6) is 2.93. The monoisotopic (exact) mass is 669 g/mol. The van der Waals surface area contributed by atoms with Crippen LogP contribution in [0.2, 0.25) is 0 Å². The average molecular weight is 669 g/mol. The molecule has 0 bridgehead atoms. The second kappa shape index (κ2) is 15.3. The van der Waals surface area contributed by atoms with Gasteiger partial charge in [-0.05, 0) is 103 Å². The number of rotatable bonds is 12. The highest BCUT2D eigenvalue weighted by Crippen LogP contribution is 2.44. The molecule has 2 saturated heterocycles. The zero-order chi connectivity index (χ0) is 35.0. The van der Waals surface area contributed by atoms with Crippen molar-refractivity contribution in [3.63, 3.8) is 0 Å². The lowest BCUT2D eigenvalue weighted by Crippen LogP contribution is -2.47. The summed E-state index contributed by atoms with van der Waals surface area (Å²) < 4.78 is 0. The summed E-state index contributed by atoms with van der Waals surface area (Å²) >= 11 is 0. The van der Waals surface area contributed by atoms with Crippen LogP contribution in [0.3, 0.4) is 0 Å². The Hall–Kier alpha value is -2.70. The zero-order valence-electron chi connectivity index (χ0n) is 31.7. The molecule has 6 rings (SSSR count). The third-order valence-electron chi connectivity index (χ3n) is 12.6. The van der Waals surface area contributed by atoms with Gasteiger partial charge >= 0.3 is 0 Å². The van der Waals surface area contributed by atoms with Gasteiger partial charge in [0.15, 0.2) is 0 Å². The molecule has 2 amide bonds. The van der Waals surface area contributed by atoms with Crippen LogP contribution in [-0.4, -0.2) is 58.9 Å². The highest BCUT2D eigenvalue weighted by Gasteiger charge is 2.48. The van der Waals surface area contributed by atoms with E-state index in [0.29, 0.717) is 47.6 Å². The number of nitrogens with zero attached hydrogens (tertiary/aromatic N) is 2. The number of carbonyl (C=O) groups excluding carboxylic acids is 2. The van der Waals surface area contributed by atoms with Gasteiger partial charge in [0.1, 0.15) is 0 Å². The second-order valence-corrected chi connectivity index (χ2v) is 17.1. The average Bonchev–Trinajstić information content (AvgIpc) is 3.84. The maximum atomic E-state index is 14.2. The highest BCUT2D eigenvalue weighted by atomic mass is 16.2. The summed E-state index contributed by atoms with van der Waals surface area (Å²) in [5.41, 5.74) is 6.98. The van der Waals surface area contributed by atoms with Crippen LogP contribution in [0.4, 0.5) is 11.4 Å². The molecule has 2 aromatic rings. The first kappa shape index (κ1) is 36.1. The number of fused-ring (bicyclic) bond motifs is 2. The third-order valence-corrected chi connectivity index (χ3v) is 12.6. The van der Waals surface area contributed by atoms with Gasteiger partial charge in [0.05, 0.1) is 12.1 Å².